The molecule has 2 rings (SSSR count). The molecule has 1 fully saturated rings. The predicted octanol–water partition coefficient (Wildman–Crippen LogP) is 2.05. The van der Waals surface area contributed by atoms with Crippen LogP contribution in [0.5, 0.6) is 0 Å². The minimum atomic E-state index is -0.811. The van der Waals surface area contributed by atoms with Crippen LogP contribution in [0.4, 0.5) is 4.39 Å². The number of carboxylic acid groups (broad SMARTS) is 1. The Morgan fingerprint density at radius 1 is 1.44 bits per heavy atom. The molecule has 86 valence electrons. The molecule has 0 amide bonds. The number of hydrogen-bond acceptors (Lipinski definition) is 2. The lowest BCUT2D eigenvalue weighted by Crippen LogP contribution is -2.29. The molecule has 0 saturated carbocycles. The standard InChI is InChI=1S/C12H14FNO2/c13-10-5-3-9(4-6-10)11-2-1-7-14(11)8-12(15)16/h3-6,11H,1-2,7-8H2,(H,15,16). The second-order valence-corrected chi connectivity index (χ2v) is 4.07. The molecule has 3 nitrogen and oxygen atoms in total. The lowest BCUT2D eigenvalue weighted by atomic mass is 10.0. The molecule has 1 heterocycles. The number of carbonyl (C=O) groups is 1. The van der Waals surface area contributed by atoms with Gasteiger partial charge in [-0.25, -0.2) is 4.39 Å². The molecular formula is C12H14FNO2. The van der Waals surface area contributed by atoms with Crippen molar-refractivity contribution >= 4 is 5.97 Å². The lowest BCUT2D eigenvalue weighted by molar-refractivity contribution is -0.138. The van der Waals surface area contributed by atoms with Crippen LogP contribution < -0.4 is 0 Å². The monoisotopic (exact) mass is 223 g/mol. The molecule has 0 aromatic heterocycles. The average molecular weight is 223 g/mol. The number of benzene rings is 1. The maximum absolute atomic E-state index is 12.8. The summed E-state index contributed by atoms with van der Waals surface area (Å²) < 4.78 is 12.8. The fourth-order valence-electron chi connectivity index (χ4n) is 2.25. The molecule has 0 bridgehead atoms. The van der Waals surface area contributed by atoms with Gasteiger partial charge in [-0.2, -0.15) is 0 Å². The minimum absolute atomic E-state index is 0.0576. The summed E-state index contributed by atoms with van der Waals surface area (Å²) in [6.07, 6.45) is 1.94. The van der Waals surface area contributed by atoms with Crippen molar-refractivity contribution in [3.63, 3.8) is 0 Å². The molecule has 1 aromatic carbocycles. The summed E-state index contributed by atoms with van der Waals surface area (Å²) >= 11 is 0. The van der Waals surface area contributed by atoms with E-state index in [2.05, 4.69) is 0 Å². The molecular weight excluding hydrogens is 209 g/mol. The third-order valence-electron chi connectivity index (χ3n) is 2.96. The summed E-state index contributed by atoms with van der Waals surface area (Å²) in [7, 11) is 0. The highest BCUT2D eigenvalue weighted by atomic mass is 19.1. The van der Waals surface area contributed by atoms with E-state index in [1.807, 2.05) is 4.90 Å². The molecule has 1 unspecified atom stereocenters. The molecule has 1 aromatic rings. The number of nitrogens with zero attached hydrogens (tertiary/aromatic N) is 1. The molecule has 4 heteroatoms. The molecule has 0 spiro atoms. The highest BCUT2D eigenvalue weighted by Gasteiger charge is 2.27. The van der Waals surface area contributed by atoms with Crippen molar-refractivity contribution in [2.24, 2.45) is 0 Å². The van der Waals surface area contributed by atoms with Gasteiger partial charge < -0.3 is 5.11 Å². The number of halogens is 1. The van der Waals surface area contributed by atoms with Crippen LogP contribution in [-0.4, -0.2) is 29.1 Å². The van der Waals surface area contributed by atoms with Crippen LogP contribution in [0, 0.1) is 5.82 Å². The SMILES string of the molecule is O=C(O)CN1CCCC1c1ccc(F)cc1. The Morgan fingerprint density at radius 2 is 2.12 bits per heavy atom. The maximum Gasteiger partial charge on any atom is 0.317 e. The van der Waals surface area contributed by atoms with Gasteiger partial charge in [0, 0.05) is 6.04 Å². The van der Waals surface area contributed by atoms with Gasteiger partial charge in [-0.05, 0) is 37.1 Å². The van der Waals surface area contributed by atoms with Crippen molar-refractivity contribution in [1.82, 2.24) is 4.90 Å². The van der Waals surface area contributed by atoms with Crippen molar-refractivity contribution in [3.8, 4) is 0 Å². The Labute approximate surface area is 93.5 Å². The van der Waals surface area contributed by atoms with Crippen molar-refractivity contribution in [2.45, 2.75) is 18.9 Å². The van der Waals surface area contributed by atoms with Gasteiger partial charge in [-0.3, -0.25) is 9.69 Å². The number of rotatable bonds is 3. The van der Waals surface area contributed by atoms with Crippen molar-refractivity contribution in [3.05, 3.63) is 35.6 Å². The molecule has 1 aliphatic heterocycles. The second kappa shape index (κ2) is 4.61. The zero-order valence-corrected chi connectivity index (χ0v) is 8.90. The number of hydrogen-bond donors (Lipinski definition) is 1. The van der Waals surface area contributed by atoms with Crippen LogP contribution in [-0.2, 0) is 4.79 Å². The Morgan fingerprint density at radius 3 is 2.75 bits per heavy atom. The highest BCUT2D eigenvalue weighted by Crippen LogP contribution is 2.31. The second-order valence-electron chi connectivity index (χ2n) is 4.07. The summed E-state index contributed by atoms with van der Waals surface area (Å²) in [5.74, 6) is -1.07. The summed E-state index contributed by atoms with van der Waals surface area (Å²) in [4.78, 5) is 12.6. The van der Waals surface area contributed by atoms with E-state index in [-0.39, 0.29) is 18.4 Å². The summed E-state index contributed by atoms with van der Waals surface area (Å²) in [6.45, 7) is 0.858. The lowest BCUT2D eigenvalue weighted by Gasteiger charge is -2.22. The van der Waals surface area contributed by atoms with E-state index in [1.54, 1.807) is 12.1 Å². The summed E-state index contributed by atoms with van der Waals surface area (Å²) in [5.41, 5.74) is 1.00. The zero-order valence-electron chi connectivity index (χ0n) is 8.90. The van der Waals surface area contributed by atoms with E-state index in [0.29, 0.717) is 0 Å². The van der Waals surface area contributed by atoms with Crippen LogP contribution in [0.2, 0.25) is 0 Å². The molecule has 16 heavy (non-hydrogen) atoms. The fourth-order valence-corrected chi connectivity index (χ4v) is 2.25. The molecule has 1 aliphatic rings. The molecule has 1 N–H and O–H groups in total. The Bertz CT molecular complexity index is 377. The largest absolute Gasteiger partial charge is 0.480 e. The third-order valence-corrected chi connectivity index (χ3v) is 2.96. The number of aliphatic carboxylic acids is 1. The first-order valence-corrected chi connectivity index (χ1v) is 5.38. The van der Waals surface area contributed by atoms with Gasteiger partial charge in [-0.15, -0.1) is 0 Å². The Balaban J connectivity index is 2.13. The smallest absolute Gasteiger partial charge is 0.317 e. The average Bonchev–Trinajstić information content (AvgIpc) is 2.66. The van der Waals surface area contributed by atoms with Gasteiger partial charge in [0.15, 0.2) is 0 Å². The highest BCUT2D eigenvalue weighted by molar-refractivity contribution is 5.69. The first kappa shape index (κ1) is 11.1. The summed E-state index contributed by atoms with van der Waals surface area (Å²) in [6, 6.07) is 6.44. The van der Waals surface area contributed by atoms with Gasteiger partial charge >= 0.3 is 5.97 Å². The van der Waals surface area contributed by atoms with Gasteiger partial charge in [0.05, 0.1) is 6.54 Å². The first-order chi connectivity index (χ1) is 7.66. The predicted molar refractivity (Wildman–Crippen MR) is 57.6 cm³/mol. The van der Waals surface area contributed by atoms with Crippen LogP contribution in [0.25, 0.3) is 0 Å². The number of likely N-dealkylation sites (tertiary alicyclic amines) is 1. The van der Waals surface area contributed by atoms with Gasteiger partial charge in [-0.1, -0.05) is 12.1 Å². The van der Waals surface area contributed by atoms with E-state index in [9.17, 15) is 9.18 Å². The summed E-state index contributed by atoms with van der Waals surface area (Å²) in [5, 5.41) is 8.78. The first-order valence-electron chi connectivity index (χ1n) is 5.38. The maximum atomic E-state index is 12.8. The minimum Gasteiger partial charge on any atom is -0.480 e. The van der Waals surface area contributed by atoms with Gasteiger partial charge in [0.25, 0.3) is 0 Å². The molecule has 0 radical (unpaired) electrons. The molecule has 1 atom stereocenters. The normalized spacial score (nSPS) is 21.2. The molecule has 0 aliphatic carbocycles. The zero-order chi connectivity index (χ0) is 11.5. The molecule has 1 saturated heterocycles. The van der Waals surface area contributed by atoms with E-state index in [1.165, 1.54) is 12.1 Å². The third kappa shape index (κ3) is 2.39. The fraction of sp³-hybridized carbons (Fsp3) is 0.417. The Kier molecular flexibility index (Phi) is 3.19. The van der Waals surface area contributed by atoms with E-state index in [4.69, 9.17) is 5.11 Å². The van der Waals surface area contributed by atoms with E-state index in [0.717, 1.165) is 24.9 Å². The quantitative estimate of drug-likeness (QED) is 0.852. The van der Waals surface area contributed by atoms with E-state index >= 15 is 0 Å². The van der Waals surface area contributed by atoms with Crippen molar-refractivity contribution in [1.29, 1.82) is 0 Å². The van der Waals surface area contributed by atoms with Crippen LogP contribution in [0.15, 0.2) is 24.3 Å². The number of carboxylic acids is 1. The van der Waals surface area contributed by atoms with E-state index < -0.39 is 5.97 Å². The topological polar surface area (TPSA) is 40.5 Å². The van der Waals surface area contributed by atoms with Gasteiger partial charge in [0.2, 0.25) is 0 Å². The van der Waals surface area contributed by atoms with Crippen LogP contribution in [0.3, 0.4) is 0 Å². The van der Waals surface area contributed by atoms with Gasteiger partial charge in [0.1, 0.15) is 5.82 Å². The van der Waals surface area contributed by atoms with Crippen molar-refractivity contribution in [2.75, 3.05) is 13.1 Å². The van der Waals surface area contributed by atoms with Crippen LogP contribution >= 0.6 is 0 Å². The van der Waals surface area contributed by atoms with Crippen molar-refractivity contribution < 1.29 is 14.3 Å². The van der Waals surface area contributed by atoms with Crippen LogP contribution in [0.1, 0.15) is 24.4 Å². The Hall–Kier alpha value is -1.42.